The van der Waals surface area contributed by atoms with Crippen molar-refractivity contribution in [3.8, 4) is 5.69 Å². The van der Waals surface area contributed by atoms with E-state index in [-0.39, 0.29) is 5.91 Å². The third-order valence-electron chi connectivity index (χ3n) is 2.76. The van der Waals surface area contributed by atoms with E-state index in [4.69, 9.17) is 11.6 Å². The second kappa shape index (κ2) is 7.07. The van der Waals surface area contributed by atoms with Gasteiger partial charge < -0.3 is 10.6 Å². The third-order valence-corrected chi connectivity index (χ3v) is 3.00. The number of hydrogen-bond acceptors (Lipinski definition) is 3. The molecule has 0 unspecified atom stereocenters. The van der Waals surface area contributed by atoms with Crippen LogP contribution in [0.15, 0.2) is 36.7 Å². The Balaban J connectivity index is 2.14. The molecule has 0 saturated carbocycles. The van der Waals surface area contributed by atoms with E-state index in [0.29, 0.717) is 23.7 Å². The van der Waals surface area contributed by atoms with E-state index in [1.807, 2.05) is 25.3 Å². The summed E-state index contributed by atoms with van der Waals surface area (Å²) in [6.45, 7) is 3.51. The van der Waals surface area contributed by atoms with Crippen molar-refractivity contribution >= 4 is 23.2 Å². The zero-order chi connectivity index (χ0) is 14.4. The second-order valence-electron chi connectivity index (χ2n) is 4.26. The average molecular weight is 293 g/mol. The van der Waals surface area contributed by atoms with Crippen LogP contribution in [0.1, 0.15) is 13.3 Å². The molecule has 1 amide bonds. The van der Waals surface area contributed by atoms with Gasteiger partial charge in [0.15, 0.2) is 0 Å². The van der Waals surface area contributed by atoms with Crippen LogP contribution in [0, 0.1) is 0 Å². The van der Waals surface area contributed by atoms with Gasteiger partial charge in [0.2, 0.25) is 5.91 Å². The lowest BCUT2D eigenvalue weighted by molar-refractivity contribution is -0.116. The van der Waals surface area contributed by atoms with Gasteiger partial charge in [-0.15, -0.1) is 0 Å². The molecule has 20 heavy (non-hydrogen) atoms. The van der Waals surface area contributed by atoms with Gasteiger partial charge in [-0.2, -0.15) is 5.10 Å². The number of carbonyl (C=O) groups is 1. The number of nitrogens with zero attached hydrogens (tertiary/aromatic N) is 2. The summed E-state index contributed by atoms with van der Waals surface area (Å²) in [7, 11) is 0. The minimum absolute atomic E-state index is 0.0541. The maximum Gasteiger partial charge on any atom is 0.225 e. The number of halogens is 1. The summed E-state index contributed by atoms with van der Waals surface area (Å²) in [5.74, 6) is -0.0541. The standard InChI is InChI=1S/C14H17ClN4O/c1-2-16-8-6-14(20)18-12-10-11(15)4-5-13(12)19-9-3-7-17-19/h3-5,7,9-10,16H,2,6,8H2,1H3,(H,18,20). The summed E-state index contributed by atoms with van der Waals surface area (Å²) < 4.78 is 1.69. The van der Waals surface area contributed by atoms with E-state index >= 15 is 0 Å². The van der Waals surface area contributed by atoms with Gasteiger partial charge in [-0.05, 0) is 30.8 Å². The number of nitrogens with one attached hydrogen (secondary N) is 2. The van der Waals surface area contributed by atoms with Gasteiger partial charge in [0.1, 0.15) is 0 Å². The topological polar surface area (TPSA) is 59.0 Å². The molecule has 2 rings (SSSR count). The minimum Gasteiger partial charge on any atom is -0.324 e. The first-order valence-corrected chi connectivity index (χ1v) is 6.88. The monoisotopic (exact) mass is 292 g/mol. The van der Waals surface area contributed by atoms with E-state index in [9.17, 15) is 4.79 Å². The predicted octanol–water partition coefficient (Wildman–Crippen LogP) is 2.46. The fourth-order valence-electron chi connectivity index (χ4n) is 1.81. The van der Waals surface area contributed by atoms with Crippen LogP contribution in [0.3, 0.4) is 0 Å². The van der Waals surface area contributed by atoms with E-state index in [2.05, 4.69) is 15.7 Å². The predicted molar refractivity (Wildman–Crippen MR) is 80.4 cm³/mol. The summed E-state index contributed by atoms with van der Waals surface area (Å²) in [6.07, 6.45) is 3.92. The van der Waals surface area contributed by atoms with Crippen molar-refractivity contribution in [1.29, 1.82) is 0 Å². The maximum atomic E-state index is 11.9. The second-order valence-corrected chi connectivity index (χ2v) is 4.70. The van der Waals surface area contributed by atoms with E-state index < -0.39 is 0 Å². The van der Waals surface area contributed by atoms with Crippen LogP contribution >= 0.6 is 11.6 Å². The zero-order valence-electron chi connectivity index (χ0n) is 11.3. The average Bonchev–Trinajstić information content (AvgIpc) is 2.93. The van der Waals surface area contributed by atoms with Crippen LogP contribution in [0.4, 0.5) is 5.69 Å². The van der Waals surface area contributed by atoms with Crippen LogP contribution in [0.2, 0.25) is 5.02 Å². The Morgan fingerprint density at radius 3 is 3.00 bits per heavy atom. The molecule has 1 heterocycles. The number of hydrogen-bond donors (Lipinski definition) is 2. The number of anilines is 1. The molecule has 0 spiro atoms. The Kier molecular flexibility index (Phi) is 5.15. The van der Waals surface area contributed by atoms with E-state index in [1.54, 1.807) is 23.0 Å². The molecule has 0 fully saturated rings. The molecule has 0 aliphatic heterocycles. The highest BCUT2D eigenvalue weighted by Crippen LogP contribution is 2.24. The fourth-order valence-corrected chi connectivity index (χ4v) is 1.98. The smallest absolute Gasteiger partial charge is 0.225 e. The molecule has 2 N–H and O–H groups in total. The van der Waals surface area contributed by atoms with Crippen molar-refractivity contribution in [3.05, 3.63) is 41.7 Å². The highest BCUT2D eigenvalue weighted by molar-refractivity contribution is 6.31. The first-order valence-electron chi connectivity index (χ1n) is 6.51. The van der Waals surface area contributed by atoms with Gasteiger partial charge in [-0.25, -0.2) is 4.68 Å². The summed E-state index contributed by atoms with van der Waals surface area (Å²) >= 11 is 6.00. The van der Waals surface area contributed by atoms with E-state index in [1.165, 1.54) is 0 Å². The molecule has 0 atom stereocenters. The van der Waals surface area contributed by atoms with Gasteiger partial charge >= 0.3 is 0 Å². The minimum atomic E-state index is -0.0541. The molecule has 1 aromatic carbocycles. The SMILES string of the molecule is CCNCCC(=O)Nc1cc(Cl)ccc1-n1cccn1. The Bertz CT molecular complexity index is 569. The van der Waals surface area contributed by atoms with Crippen molar-refractivity contribution in [1.82, 2.24) is 15.1 Å². The van der Waals surface area contributed by atoms with Crippen molar-refractivity contribution in [2.45, 2.75) is 13.3 Å². The third kappa shape index (κ3) is 3.82. The zero-order valence-corrected chi connectivity index (χ0v) is 12.0. The molecule has 1 aromatic heterocycles. The molecule has 0 bridgehead atoms. The molecule has 2 aromatic rings. The van der Waals surface area contributed by atoms with Crippen LogP contribution in [-0.2, 0) is 4.79 Å². The quantitative estimate of drug-likeness (QED) is 0.804. The van der Waals surface area contributed by atoms with Crippen LogP contribution in [0.25, 0.3) is 5.69 Å². The number of benzene rings is 1. The van der Waals surface area contributed by atoms with Crippen molar-refractivity contribution in [3.63, 3.8) is 0 Å². The molecule has 6 heteroatoms. The molecule has 0 aliphatic rings. The Hall–Kier alpha value is -1.85. The Morgan fingerprint density at radius 1 is 1.45 bits per heavy atom. The summed E-state index contributed by atoms with van der Waals surface area (Å²) in [5.41, 5.74) is 1.44. The molecular formula is C14H17ClN4O. The van der Waals surface area contributed by atoms with Gasteiger partial charge in [0, 0.05) is 30.4 Å². The highest BCUT2D eigenvalue weighted by atomic mass is 35.5. The van der Waals surface area contributed by atoms with Crippen molar-refractivity contribution in [2.75, 3.05) is 18.4 Å². The van der Waals surface area contributed by atoms with Gasteiger partial charge in [-0.3, -0.25) is 4.79 Å². The lowest BCUT2D eigenvalue weighted by atomic mass is 10.2. The van der Waals surface area contributed by atoms with Crippen LogP contribution < -0.4 is 10.6 Å². The van der Waals surface area contributed by atoms with E-state index in [0.717, 1.165) is 12.2 Å². The lowest BCUT2D eigenvalue weighted by Gasteiger charge is -2.12. The molecule has 106 valence electrons. The summed E-state index contributed by atoms with van der Waals surface area (Å²) in [5, 5.41) is 10.7. The van der Waals surface area contributed by atoms with Gasteiger partial charge in [-0.1, -0.05) is 18.5 Å². The molecule has 0 saturated heterocycles. The highest BCUT2D eigenvalue weighted by Gasteiger charge is 2.09. The van der Waals surface area contributed by atoms with Crippen LogP contribution in [0.5, 0.6) is 0 Å². The fraction of sp³-hybridized carbons (Fsp3) is 0.286. The van der Waals surface area contributed by atoms with Crippen molar-refractivity contribution < 1.29 is 4.79 Å². The number of amides is 1. The Morgan fingerprint density at radius 2 is 2.30 bits per heavy atom. The summed E-state index contributed by atoms with van der Waals surface area (Å²) in [4.78, 5) is 11.9. The first-order chi connectivity index (χ1) is 9.70. The van der Waals surface area contributed by atoms with Crippen molar-refractivity contribution in [2.24, 2.45) is 0 Å². The largest absolute Gasteiger partial charge is 0.324 e. The first kappa shape index (κ1) is 14.6. The lowest BCUT2D eigenvalue weighted by Crippen LogP contribution is -2.22. The maximum absolute atomic E-state index is 11.9. The molecule has 5 nitrogen and oxygen atoms in total. The summed E-state index contributed by atoms with van der Waals surface area (Å²) in [6, 6.07) is 7.15. The normalized spacial score (nSPS) is 10.5. The van der Waals surface area contributed by atoms with Crippen LogP contribution in [-0.4, -0.2) is 28.8 Å². The Labute approximate surface area is 122 Å². The van der Waals surface area contributed by atoms with Gasteiger partial charge in [0.25, 0.3) is 0 Å². The molecule has 0 aliphatic carbocycles. The number of aromatic nitrogens is 2. The van der Waals surface area contributed by atoms with Gasteiger partial charge in [0.05, 0.1) is 11.4 Å². The number of carbonyl (C=O) groups excluding carboxylic acids is 1. The molecule has 0 radical (unpaired) electrons. The number of rotatable bonds is 6. The molecular weight excluding hydrogens is 276 g/mol.